The molecule has 0 radical (unpaired) electrons. The second kappa shape index (κ2) is 8.67. The van der Waals surface area contributed by atoms with Crippen molar-refractivity contribution in [3.8, 4) is 17.0 Å². The van der Waals surface area contributed by atoms with Gasteiger partial charge in [0.15, 0.2) is 5.13 Å². The zero-order valence-corrected chi connectivity index (χ0v) is 17.4. The number of benzene rings is 1. The molecule has 30 heavy (non-hydrogen) atoms. The molecule has 4 rings (SSSR count). The number of carbonyl (C=O) groups is 2. The van der Waals surface area contributed by atoms with Gasteiger partial charge in [-0.2, -0.15) is 8.78 Å². The van der Waals surface area contributed by atoms with E-state index in [1.54, 1.807) is 12.1 Å². The summed E-state index contributed by atoms with van der Waals surface area (Å²) in [6.07, 6.45) is 4.57. The van der Waals surface area contributed by atoms with Gasteiger partial charge in [-0.1, -0.05) is 12.8 Å². The van der Waals surface area contributed by atoms with Crippen molar-refractivity contribution in [3.63, 3.8) is 0 Å². The van der Waals surface area contributed by atoms with Crippen LogP contribution in [0.15, 0.2) is 24.3 Å². The third-order valence-corrected chi connectivity index (χ3v) is 6.56. The van der Waals surface area contributed by atoms with E-state index in [0.717, 1.165) is 36.1 Å². The van der Waals surface area contributed by atoms with E-state index < -0.39 is 6.61 Å². The van der Waals surface area contributed by atoms with Gasteiger partial charge >= 0.3 is 6.61 Å². The quantitative estimate of drug-likeness (QED) is 0.728. The van der Waals surface area contributed by atoms with Crippen LogP contribution in [0.1, 0.15) is 37.0 Å². The van der Waals surface area contributed by atoms with Crippen LogP contribution in [0.2, 0.25) is 0 Å². The van der Waals surface area contributed by atoms with E-state index in [0.29, 0.717) is 17.4 Å². The van der Waals surface area contributed by atoms with Gasteiger partial charge in [0.2, 0.25) is 11.8 Å². The number of aryl methyl sites for hydroxylation is 1. The van der Waals surface area contributed by atoms with Crippen LogP contribution < -0.4 is 10.1 Å². The van der Waals surface area contributed by atoms with Crippen LogP contribution in [0, 0.1) is 12.8 Å². The molecular weight excluding hydrogens is 412 g/mol. The maximum Gasteiger partial charge on any atom is 0.387 e. The highest BCUT2D eigenvalue weighted by molar-refractivity contribution is 7.16. The number of ether oxygens (including phenoxy) is 1. The summed E-state index contributed by atoms with van der Waals surface area (Å²) in [5.74, 6) is -0.418. The first-order chi connectivity index (χ1) is 14.4. The Kier molecular flexibility index (Phi) is 5.99. The van der Waals surface area contributed by atoms with Gasteiger partial charge < -0.3 is 15.0 Å². The number of aromatic nitrogens is 1. The van der Waals surface area contributed by atoms with Crippen LogP contribution in [0.25, 0.3) is 11.3 Å². The molecular formula is C21H23F2N3O3S. The number of nitrogens with one attached hydrogen (secondary N) is 1. The number of nitrogens with zero attached hydrogens (tertiary/aromatic N) is 2. The summed E-state index contributed by atoms with van der Waals surface area (Å²) in [7, 11) is 0. The Morgan fingerprint density at radius 3 is 2.63 bits per heavy atom. The fraction of sp³-hybridized carbons (Fsp3) is 0.476. The largest absolute Gasteiger partial charge is 0.435 e. The molecule has 2 amide bonds. The van der Waals surface area contributed by atoms with E-state index in [4.69, 9.17) is 0 Å². The second-order valence-electron chi connectivity index (χ2n) is 7.70. The zero-order chi connectivity index (χ0) is 21.3. The molecule has 160 valence electrons. The van der Waals surface area contributed by atoms with Crippen molar-refractivity contribution in [2.75, 3.05) is 11.9 Å². The Morgan fingerprint density at radius 2 is 1.97 bits per heavy atom. The molecule has 1 atom stereocenters. The minimum Gasteiger partial charge on any atom is -0.435 e. The molecule has 2 heterocycles. The predicted molar refractivity (Wildman–Crippen MR) is 110 cm³/mol. The van der Waals surface area contributed by atoms with E-state index in [1.165, 1.54) is 23.5 Å². The Balaban J connectivity index is 1.41. The van der Waals surface area contributed by atoms with Crippen molar-refractivity contribution in [2.24, 2.45) is 5.92 Å². The summed E-state index contributed by atoms with van der Waals surface area (Å²) in [6.45, 7) is -0.517. The number of alkyl halides is 2. The topological polar surface area (TPSA) is 71.5 Å². The molecule has 2 aromatic rings. The fourth-order valence-corrected chi connectivity index (χ4v) is 5.03. The fourth-order valence-electron chi connectivity index (χ4n) is 4.20. The Bertz CT molecular complexity index is 926. The van der Waals surface area contributed by atoms with Gasteiger partial charge in [-0.05, 0) is 44.0 Å². The second-order valence-corrected chi connectivity index (χ2v) is 8.90. The lowest BCUT2D eigenvalue weighted by Gasteiger charge is -2.23. The van der Waals surface area contributed by atoms with Gasteiger partial charge in [-0.3, -0.25) is 9.59 Å². The SMILES string of the molecule is Cc1sc(NC(=O)C2CC(=O)N(C3CCCC3)C2)nc1-c1ccc(OC(F)F)cc1. The lowest BCUT2D eigenvalue weighted by Crippen LogP contribution is -2.35. The van der Waals surface area contributed by atoms with Crippen LogP contribution >= 0.6 is 11.3 Å². The van der Waals surface area contributed by atoms with Crippen molar-refractivity contribution in [2.45, 2.75) is 51.7 Å². The van der Waals surface area contributed by atoms with Gasteiger partial charge in [0, 0.05) is 29.4 Å². The van der Waals surface area contributed by atoms with Gasteiger partial charge in [-0.15, -0.1) is 11.3 Å². The molecule has 2 fully saturated rings. The van der Waals surface area contributed by atoms with Gasteiger partial charge in [0.05, 0.1) is 11.6 Å². The summed E-state index contributed by atoms with van der Waals surface area (Å²) in [5, 5.41) is 3.31. The highest BCUT2D eigenvalue weighted by atomic mass is 32.1. The molecule has 1 aromatic heterocycles. The third-order valence-electron chi connectivity index (χ3n) is 5.67. The molecule has 1 aliphatic carbocycles. The Morgan fingerprint density at radius 1 is 1.27 bits per heavy atom. The highest BCUT2D eigenvalue weighted by Gasteiger charge is 2.38. The number of hydrogen-bond donors (Lipinski definition) is 1. The summed E-state index contributed by atoms with van der Waals surface area (Å²) >= 11 is 1.35. The molecule has 2 aliphatic rings. The minimum atomic E-state index is -2.87. The monoisotopic (exact) mass is 435 g/mol. The van der Waals surface area contributed by atoms with E-state index in [9.17, 15) is 18.4 Å². The maximum atomic E-state index is 12.7. The van der Waals surface area contributed by atoms with Crippen LogP contribution in [0.5, 0.6) is 5.75 Å². The average molecular weight is 435 g/mol. The highest BCUT2D eigenvalue weighted by Crippen LogP contribution is 2.33. The van der Waals surface area contributed by atoms with Crippen LogP contribution in [0.4, 0.5) is 13.9 Å². The van der Waals surface area contributed by atoms with E-state index in [-0.39, 0.29) is 35.9 Å². The summed E-state index contributed by atoms with van der Waals surface area (Å²) in [5.41, 5.74) is 1.42. The van der Waals surface area contributed by atoms with Crippen LogP contribution in [0.3, 0.4) is 0 Å². The van der Waals surface area contributed by atoms with Crippen molar-refractivity contribution in [1.82, 2.24) is 9.88 Å². The standard InChI is InChI=1S/C21H23F2N3O3S/c1-12-18(13-6-8-16(9-7-13)29-20(22)23)24-21(30-12)25-19(28)14-10-17(27)26(11-14)15-4-2-3-5-15/h6-9,14-15,20H,2-5,10-11H2,1H3,(H,24,25,28). The number of likely N-dealkylation sites (tertiary alicyclic amines) is 1. The molecule has 9 heteroatoms. The first-order valence-electron chi connectivity index (χ1n) is 10.0. The van der Waals surface area contributed by atoms with E-state index in [2.05, 4.69) is 15.0 Å². The molecule has 1 saturated heterocycles. The molecule has 1 saturated carbocycles. The number of rotatable bonds is 6. The molecule has 6 nitrogen and oxygen atoms in total. The van der Waals surface area contributed by atoms with Crippen LogP contribution in [-0.4, -0.2) is 40.9 Å². The Hall–Kier alpha value is -2.55. The van der Waals surface area contributed by atoms with Gasteiger partial charge in [0.1, 0.15) is 5.75 Å². The molecule has 1 aliphatic heterocycles. The molecule has 1 unspecified atom stereocenters. The summed E-state index contributed by atoms with van der Waals surface area (Å²) in [6, 6.07) is 6.50. The number of halogens is 2. The van der Waals surface area contributed by atoms with Crippen molar-refractivity contribution >= 4 is 28.3 Å². The first kappa shape index (κ1) is 20.7. The predicted octanol–water partition coefficient (Wildman–Crippen LogP) is 4.45. The normalized spacial score (nSPS) is 19.7. The van der Waals surface area contributed by atoms with Crippen molar-refractivity contribution in [1.29, 1.82) is 0 Å². The summed E-state index contributed by atoms with van der Waals surface area (Å²) in [4.78, 5) is 32.3. The molecule has 0 bridgehead atoms. The molecule has 1 aromatic carbocycles. The average Bonchev–Trinajstić information content (AvgIpc) is 3.42. The van der Waals surface area contributed by atoms with E-state index >= 15 is 0 Å². The number of thiazole rings is 1. The van der Waals surface area contributed by atoms with Crippen molar-refractivity contribution < 1.29 is 23.1 Å². The van der Waals surface area contributed by atoms with Gasteiger partial charge in [-0.25, -0.2) is 4.98 Å². The number of anilines is 1. The molecule has 0 spiro atoms. The smallest absolute Gasteiger partial charge is 0.387 e. The molecule has 1 N–H and O–H groups in total. The zero-order valence-electron chi connectivity index (χ0n) is 16.6. The van der Waals surface area contributed by atoms with E-state index in [1.807, 2.05) is 11.8 Å². The maximum absolute atomic E-state index is 12.7. The third kappa shape index (κ3) is 4.45. The van der Waals surface area contributed by atoms with Crippen molar-refractivity contribution in [3.05, 3.63) is 29.1 Å². The first-order valence-corrected chi connectivity index (χ1v) is 10.9. The lowest BCUT2D eigenvalue weighted by atomic mass is 10.1. The number of hydrogen-bond acceptors (Lipinski definition) is 5. The lowest BCUT2D eigenvalue weighted by molar-refractivity contribution is -0.129. The number of amides is 2. The number of carbonyl (C=O) groups excluding carboxylic acids is 2. The van der Waals surface area contributed by atoms with Crippen LogP contribution in [-0.2, 0) is 9.59 Å². The van der Waals surface area contributed by atoms with Gasteiger partial charge in [0.25, 0.3) is 0 Å². The summed E-state index contributed by atoms with van der Waals surface area (Å²) < 4.78 is 29.0. The minimum absolute atomic E-state index is 0.0594. The Labute approximate surface area is 177 Å².